The molecular formula is C60H80N2O7. The molecule has 3 aromatic rings. The molecule has 9 heteroatoms. The highest BCUT2D eigenvalue weighted by Gasteiger charge is 2.76. The minimum atomic E-state index is -0.831. The van der Waals surface area contributed by atoms with Crippen molar-refractivity contribution in [2.45, 2.75) is 182 Å². The van der Waals surface area contributed by atoms with E-state index in [0.717, 1.165) is 92.5 Å². The highest BCUT2D eigenvalue weighted by molar-refractivity contribution is 6.01. The number of carbonyl (C=O) groups excluding carboxylic acids is 2. The predicted molar refractivity (Wildman–Crippen MR) is 268 cm³/mol. The number of epoxide rings is 1. The van der Waals surface area contributed by atoms with E-state index in [0.29, 0.717) is 56.8 Å². The molecule has 69 heavy (non-hydrogen) atoms. The molecule has 2 bridgehead atoms. The zero-order valence-corrected chi connectivity index (χ0v) is 42.9. The number of nitrogens with zero attached hydrogens (tertiary/aromatic N) is 1. The fourth-order valence-corrected chi connectivity index (χ4v) is 18.0. The van der Waals surface area contributed by atoms with E-state index in [1.807, 2.05) is 20.0 Å². The van der Waals surface area contributed by atoms with Gasteiger partial charge in [-0.25, -0.2) is 0 Å². The fraction of sp³-hybridized carbons (Fsp3) is 0.700. The number of aliphatic hydroxyl groups is 3. The Morgan fingerprint density at radius 1 is 1.00 bits per heavy atom. The Balaban J connectivity index is 1.13. The van der Waals surface area contributed by atoms with Crippen molar-refractivity contribution in [2.75, 3.05) is 19.8 Å². The lowest BCUT2D eigenvalue weighted by molar-refractivity contribution is -0.244. The number of Topliss-reactive ketones (excluding diaryl/α,β-unsaturated/α-hetero) is 2. The third kappa shape index (κ3) is 7.09. The number of fused-ring (bicyclic) bond motifs is 7. The molecule has 6 fully saturated rings. The van der Waals surface area contributed by atoms with Crippen LogP contribution in [0.3, 0.4) is 0 Å². The SMILES string of the molecule is Cc1cc(Cc2c3n(c4cc[nH]c24)C[C@H]2C4=C([C@H](C)C[C@@H](O)[C@H]5OC5(C)C)C(=O)C[C@]4(C)[C@@]4(C)CC[C@@H]5[C@@](C)([C@H](C#CC3)[C@@H](CCCO)C(=O)[C@@]5(C)C3CCCC3)[C@H]4[C@@H]2O)cc(C2CCOCC2)c1. The number of hydrogen-bond acceptors (Lipinski definition) is 7. The molecular weight excluding hydrogens is 861 g/mol. The van der Waals surface area contributed by atoms with E-state index in [1.165, 1.54) is 22.3 Å². The molecule has 2 saturated heterocycles. The van der Waals surface area contributed by atoms with Gasteiger partial charge in [0.2, 0.25) is 0 Å². The first kappa shape index (κ1) is 47.8. The summed E-state index contributed by atoms with van der Waals surface area (Å²) in [6.07, 6.45) is 11.4. The van der Waals surface area contributed by atoms with Crippen LogP contribution in [0.2, 0.25) is 0 Å². The second-order valence-electron chi connectivity index (χ2n) is 25.2. The van der Waals surface area contributed by atoms with Gasteiger partial charge in [-0.05, 0) is 147 Å². The van der Waals surface area contributed by atoms with E-state index in [1.54, 1.807) is 0 Å². The molecule has 1 aromatic carbocycles. The maximum absolute atomic E-state index is 15.8. The normalized spacial score (nSPS) is 38.3. The van der Waals surface area contributed by atoms with Crippen molar-refractivity contribution >= 4 is 22.6 Å². The smallest absolute Gasteiger partial charge is 0.160 e. The number of benzene rings is 1. The van der Waals surface area contributed by atoms with Gasteiger partial charge >= 0.3 is 0 Å². The van der Waals surface area contributed by atoms with Crippen molar-refractivity contribution in [1.29, 1.82) is 0 Å². The summed E-state index contributed by atoms with van der Waals surface area (Å²) in [4.78, 5) is 34.7. The van der Waals surface area contributed by atoms with Crippen molar-refractivity contribution in [3.8, 4) is 11.8 Å². The molecule has 4 saturated carbocycles. The van der Waals surface area contributed by atoms with Gasteiger partial charge in [0.1, 0.15) is 11.9 Å². The molecule has 372 valence electrons. The molecule has 13 atom stereocenters. The number of carbonyl (C=O) groups is 2. The highest BCUT2D eigenvalue weighted by Crippen LogP contribution is 2.77. The van der Waals surface area contributed by atoms with Crippen LogP contribution in [-0.4, -0.2) is 80.2 Å². The number of ketones is 2. The van der Waals surface area contributed by atoms with Crippen molar-refractivity contribution in [2.24, 2.45) is 63.1 Å². The van der Waals surface area contributed by atoms with Crippen LogP contribution in [0.15, 0.2) is 41.6 Å². The van der Waals surface area contributed by atoms with Crippen LogP contribution in [0.4, 0.5) is 0 Å². The highest BCUT2D eigenvalue weighted by atomic mass is 16.6. The first-order valence-electron chi connectivity index (χ1n) is 27.2. The second kappa shape index (κ2) is 17.0. The summed E-state index contributed by atoms with van der Waals surface area (Å²) in [5.41, 5.74) is 7.69. The standard InChI is InChI=1S/C60H80N2O7/c1-34-27-36(30-38(28-34)37-20-25-68-26-21-37)31-41-44-17-11-16-43-40(15-12-24-63)54(67)59(7,39-13-9-10-14-39)48-18-22-57(5)53(60(43,48)8)52(66)42(33-62(44)45-19-23-61-51(41)45)50-49(47(65)32-58(50,57)6)35(2)29-46(64)55-56(3,4)69-55/h19,23,27-28,30,35,37,39-40,42-43,46,48,52-53,55,61,63-64,66H,9-10,12-15,17-18,20-22,24-26,29,31-33H2,1-8H3/t35-,40-,42+,43-,46-,48+,52-,53+,55-,57+,58+,59+,60-/m1/s1. The van der Waals surface area contributed by atoms with Gasteiger partial charge in [-0.3, -0.25) is 9.59 Å². The molecule has 9 nitrogen and oxygen atoms in total. The first-order valence-corrected chi connectivity index (χ1v) is 27.2. The molecule has 0 spiro atoms. The van der Waals surface area contributed by atoms with Crippen molar-refractivity contribution < 1.29 is 34.4 Å². The Morgan fingerprint density at radius 2 is 1.74 bits per heavy atom. The Labute approximate surface area is 411 Å². The number of hydrogen-bond donors (Lipinski definition) is 4. The minimum Gasteiger partial charge on any atom is -0.396 e. The molecule has 3 aliphatic heterocycles. The average molecular weight is 941 g/mol. The van der Waals surface area contributed by atoms with E-state index < -0.39 is 45.4 Å². The molecule has 11 rings (SSSR count). The van der Waals surface area contributed by atoms with Crippen molar-refractivity contribution in [1.82, 2.24) is 9.55 Å². The number of aliphatic hydroxyl groups excluding tert-OH is 3. The number of ether oxygens (including phenoxy) is 2. The summed E-state index contributed by atoms with van der Waals surface area (Å²) in [5, 5.41) is 36.2. The molecule has 4 N–H and O–H groups in total. The maximum Gasteiger partial charge on any atom is 0.160 e. The molecule has 0 unspecified atom stereocenters. The summed E-state index contributed by atoms with van der Waals surface area (Å²) in [7, 11) is 0. The fourth-order valence-electron chi connectivity index (χ4n) is 18.0. The topological polar surface area (TPSA) is 137 Å². The van der Waals surface area contributed by atoms with Crippen LogP contribution in [0, 0.1) is 81.8 Å². The lowest BCUT2D eigenvalue weighted by atomic mass is 9.31. The third-order valence-electron chi connectivity index (χ3n) is 21.3. The van der Waals surface area contributed by atoms with Crippen LogP contribution in [0.5, 0.6) is 0 Å². The van der Waals surface area contributed by atoms with Gasteiger partial charge in [-0.2, -0.15) is 0 Å². The zero-order valence-electron chi connectivity index (χ0n) is 42.9. The Bertz CT molecular complexity index is 2630. The molecule has 5 heterocycles. The molecule has 0 amide bonds. The summed E-state index contributed by atoms with van der Waals surface area (Å²) < 4.78 is 14.2. The number of aryl methyl sites for hydroxylation is 1. The number of aromatic nitrogens is 2. The molecule has 2 aromatic heterocycles. The summed E-state index contributed by atoms with van der Waals surface area (Å²) in [6.45, 7) is 19.9. The second-order valence-corrected chi connectivity index (χ2v) is 25.2. The lowest BCUT2D eigenvalue weighted by Crippen LogP contribution is -2.72. The number of rotatable bonds is 11. The van der Waals surface area contributed by atoms with Gasteiger partial charge < -0.3 is 34.3 Å². The Hall–Kier alpha value is -3.52. The molecule has 0 radical (unpaired) electrons. The van der Waals surface area contributed by atoms with Gasteiger partial charge in [0.15, 0.2) is 5.78 Å². The maximum atomic E-state index is 15.8. The Kier molecular flexibility index (Phi) is 11.8. The van der Waals surface area contributed by atoms with Gasteiger partial charge in [-0.15, -0.1) is 0 Å². The monoisotopic (exact) mass is 941 g/mol. The minimum absolute atomic E-state index is 0.0122. The summed E-state index contributed by atoms with van der Waals surface area (Å²) >= 11 is 0. The van der Waals surface area contributed by atoms with E-state index in [2.05, 4.69) is 87.2 Å². The average Bonchev–Trinajstić information content (AvgIpc) is 3.86. The van der Waals surface area contributed by atoms with Crippen molar-refractivity contribution in [3.05, 3.63) is 69.6 Å². The molecule has 8 aliphatic rings. The largest absolute Gasteiger partial charge is 0.396 e. The van der Waals surface area contributed by atoms with E-state index in [9.17, 15) is 15.3 Å². The first-order chi connectivity index (χ1) is 32.9. The van der Waals surface area contributed by atoms with Gasteiger partial charge in [0, 0.05) is 91.7 Å². The van der Waals surface area contributed by atoms with Crippen LogP contribution >= 0.6 is 0 Å². The number of nitrogens with one attached hydrogen (secondary N) is 1. The number of H-pyrrole nitrogens is 1. The predicted octanol–water partition coefficient (Wildman–Crippen LogP) is 9.98. The van der Waals surface area contributed by atoms with Crippen molar-refractivity contribution in [3.63, 3.8) is 0 Å². The zero-order chi connectivity index (χ0) is 48.6. The van der Waals surface area contributed by atoms with Crippen LogP contribution in [0.1, 0.15) is 159 Å². The Morgan fingerprint density at radius 3 is 2.45 bits per heavy atom. The molecule has 5 aliphatic carbocycles. The van der Waals surface area contributed by atoms with E-state index >= 15 is 9.59 Å². The van der Waals surface area contributed by atoms with Crippen LogP contribution in [0.25, 0.3) is 11.0 Å². The van der Waals surface area contributed by atoms with Gasteiger partial charge in [-0.1, -0.05) is 83.1 Å². The van der Waals surface area contributed by atoms with Crippen LogP contribution in [-0.2, 0) is 38.4 Å². The van der Waals surface area contributed by atoms with Gasteiger partial charge in [0.25, 0.3) is 0 Å². The quantitative estimate of drug-likeness (QED) is 0.111. The number of aromatic amines is 1. The van der Waals surface area contributed by atoms with Crippen LogP contribution < -0.4 is 0 Å². The lowest BCUT2D eigenvalue weighted by Gasteiger charge is -2.72. The van der Waals surface area contributed by atoms with E-state index in [4.69, 9.17) is 9.47 Å². The summed E-state index contributed by atoms with van der Waals surface area (Å²) in [5.74, 6) is 7.45. The number of allylic oxidation sites excluding steroid dienone is 1. The third-order valence-corrected chi connectivity index (χ3v) is 21.3. The van der Waals surface area contributed by atoms with Gasteiger partial charge in [0.05, 0.1) is 28.8 Å². The van der Waals surface area contributed by atoms with E-state index in [-0.39, 0.29) is 54.0 Å². The summed E-state index contributed by atoms with van der Waals surface area (Å²) in [6, 6.07) is 9.26.